The number of benzene rings is 2. The first-order valence-corrected chi connectivity index (χ1v) is 6.57. The van der Waals surface area contributed by atoms with Gasteiger partial charge in [-0.25, -0.2) is 13.2 Å². The Morgan fingerprint density at radius 3 is 1.96 bits per heavy atom. The van der Waals surface area contributed by atoms with Gasteiger partial charge < -0.3 is 0 Å². The van der Waals surface area contributed by atoms with E-state index < -0.39 is 52.4 Å². The van der Waals surface area contributed by atoms with Crippen molar-refractivity contribution in [2.45, 2.75) is 18.0 Å². The van der Waals surface area contributed by atoms with E-state index in [1.807, 2.05) is 0 Å². The molecule has 0 saturated heterocycles. The van der Waals surface area contributed by atoms with E-state index >= 15 is 0 Å². The number of rotatable bonds is 2. The van der Waals surface area contributed by atoms with Crippen LogP contribution in [0, 0.1) is 29.0 Å². The molecule has 2 rings (SSSR count). The summed E-state index contributed by atoms with van der Waals surface area (Å²) in [5.41, 5.74) is -10.8. The van der Waals surface area contributed by atoms with E-state index in [9.17, 15) is 39.5 Å². The zero-order valence-corrected chi connectivity index (χ0v) is 12.2. The van der Waals surface area contributed by atoms with Crippen LogP contribution >= 0.6 is 0 Å². The van der Waals surface area contributed by atoms with Crippen LogP contribution < -0.4 is 0 Å². The summed E-state index contributed by atoms with van der Waals surface area (Å²) in [4.78, 5) is 0. The van der Waals surface area contributed by atoms with Gasteiger partial charge in [-0.2, -0.15) is 31.6 Å². The van der Waals surface area contributed by atoms with Gasteiger partial charge in [0.1, 0.15) is 11.6 Å². The average Bonchev–Trinajstić information content (AvgIpc) is 2.51. The number of hydrogen-bond acceptors (Lipinski definition) is 1. The van der Waals surface area contributed by atoms with E-state index in [4.69, 9.17) is 5.26 Å². The number of hydrogen-bond donors (Lipinski definition) is 0. The summed E-state index contributed by atoms with van der Waals surface area (Å²) in [6, 6.07) is 6.14. The highest BCUT2D eigenvalue weighted by Crippen LogP contribution is 2.55. The third-order valence-electron chi connectivity index (χ3n) is 3.42. The Labute approximate surface area is 140 Å². The topological polar surface area (TPSA) is 23.8 Å². The van der Waals surface area contributed by atoms with Crippen molar-refractivity contribution in [2.75, 3.05) is 0 Å². The maximum Gasteiger partial charge on any atom is 0.435 e. The van der Waals surface area contributed by atoms with Gasteiger partial charge in [-0.1, -0.05) is 12.1 Å². The third kappa shape index (κ3) is 3.09. The molecule has 0 unspecified atom stereocenters. The molecule has 1 nitrogen and oxygen atoms in total. The molecule has 1 radical (unpaired) electrons. The molecule has 0 amide bonds. The molecule has 0 aromatic heterocycles. The molecule has 0 N–H and O–H groups in total. The first kappa shape index (κ1) is 19.6. The van der Waals surface area contributed by atoms with Crippen molar-refractivity contribution >= 4 is 0 Å². The lowest BCUT2D eigenvalue weighted by molar-refractivity contribution is -0.348. The SMILES string of the molecule is N#Cc1cccc(-c2c(F)[c]c(F)cc2C(F)(C(F)(F)F)C(F)(F)F)c1. The molecule has 137 valence electrons. The molecule has 0 saturated carbocycles. The lowest BCUT2D eigenvalue weighted by atomic mass is 9.86. The monoisotopic (exact) mass is 382 g/mol. The number of nitrogens with zero attached hydrogens (tertiary/aromatic N) is 1. The van der Waals surface area contributed by atoms with Crippen LogP contribution in [0.5, 0.6) is 0 Å². The van der Waals surface area contributed by atoms with Crippen LogP contribution in [0.15, 0.2) is 30.3 Å². The van der Waals surface area contributed by atoms with Crippen molar-refractivity contribution in [2.24, 2.45) is 0 Å². The standard InChI is InChI=1S/C16H5F9N/c17-10-5-11(14(19,15(20,21)22)16(23,24)25)13(12(18)6-10)9-3-1-2-8(4-9)7-26/h1-5H. The zero-order chi connectivity index (χ0) is 19.9. The predicted molar refractivity (Wildman–Crippen MR) is 70.2 cm³/mol. The highest BCUT2D eigenvalue weighted by Gasteiger charge is 2.74. The minimum absolute atomic E-state index is 0.249. The summed E-state index contributed by atoms with van der Waals surface area (Å²) in [6.07, 6.45) is -13.1. The van der Waals surface area contributed by atoms with Crippen molar-refractivity contribution in [1.82, 2.24) is 0 Å². The Balaban J connectivity index is 2.95. The first-order valence-electron chi connectivity index (χ1n) is 6.57. The maximum absolute atomic E-state index is 14.4. The maximum atomic E-state index is 14.4. The largest absolute Gasteiger partial charge is 0.435 e. The molecular formula is C16H5F9N. The van der Waals surface area contributed by atoms with Crippen LogP contribution in [0.4, 0.5) is 39.5 Å². The van der Waals surface area contributed by atoms with Crippen molar-refractivity contribution in [1.29, 1.82) is 5.26 Å². The van der Waals surface area contributed by atoms with Gasteiger partial charge in [-0.15, -0.1) is 0 Å². The van der Waals surface area contributed by atoms with Crippen LogP contribution in [0.2, 0.25) is 0 Å². The Kier molecular flexibility index (Phi) is 4.70. The van der Waals surface area contributed by atoms with Crippen LogP contribution in [-0.4, -0.2) is 12.4 Å². The molecule has 0 spiro atoms. The Bertz CT molecular complexity index is 861. The summed E-state index contributed by atoms with van der Waals surface area (Å²) in [5.74, 6) is -3.92. The van der Waals surface area contributed by atoms with Crippen LogP contribution in [0.3, 0.4) is 0 Å². The summed E-state index contributed by atoms with van der Waals surface area (Å²) in [5, 5.41) is 8.76. The summed E-state index contributed by atoms with van der Waals surface area (Å²) >= 11 is 0. The predicted octanol–water partition coefficient (Wildman–Crippen LogP) is 5.59. The second-order valence-electron chi connectivity index (χ2n) is 5.07. The highest BCUT2D eigenvalue weighted by atomic mass is 19.4. The second kappa shape index (κ2) is 6.23. The molecule has 0 aliphatic heterocycles. The quantitative estimate of drug-likeness (QED) is 0.621. The third-order valence-corrected chi connectivity index (χ3v) is 3.42. The molecule has 0 atom stereocenters. The van der Waals surface area contributed by atoms with Crippen molar-refractivity contribution in [3.05, 3.63) is 59.2 Å². The minimum Gasteiger partial charge on any atom is -0.218 e. The van der Waals surface area contributed by atoms with Crippen LogP contribution in [0.25, 0.3) is 11.1 Å². The first-order chi connectivity index (χ1) is 11.8. The molecule has 0 heterocycles. The molecule has 0 bridgehead atoms. The summed E-state index contributed by atoms with van der Waals surface area (Å²) in [6.45, 7) is 0. The van der Waals surface area contributed by atoms with E-state index in [-0.39, 0.29) is 5.56 Å². The molecule has 2 aromatic rings. The number of nitriles is 1. The molecule has 10 heteroatoms. The highest BCUT2D eigenvalue weighted by molar-refractivity contribution is 5.71. The second-order valence-corrected chi connectivity index (χ2v) is 5.07. The van der Waals surface area contributed by atoms with Gasteiger partial charge in [0, 0.05) is 11.1 Å². The van der Waals surface area contributed by atoms with E-state index in [0.717, 1.165) is 24.3 Å². The number of alkyl halides is 7. The molecule has 2 aromatic carbocycles. The fourth-order valence-electron chi connectivity index (χ4n) is 2.28. The average molecular weight is 382 g/mol. The molecule has 26 heavy (non-hydrogen) atoms. The Morgan fingerprint density at radius 1 is 0.885 bits per heavy atom. The molecule has 0 aliphatic carbocycles. The van der Waals surface area contributed by atoms with Crippen LogP contribution in [-0.2, 0) is 5.67 Å². The smallest absolute Gasteiger partial charge is 0.218 e. The Hall–Kier alpha value is -2.70. The Morgan fingerprint density at radius 2 is 1.46 bits per heavy atom. The van der Waals surface area contributed by atoms with E-state index in [1.54, 1.807) is 6.07 Å². The van der Waals surface area contributed by atoms with E-state index in [0.29, 0.717) is 0 Å². The molecule has 0 aliphatic rings. The summed E-state index contributed by atoms with van der Waals surface area (Å²) < 4.78 is 120. The van der Waals surface area contributed by atoms with Gasteiger partial charge in [0.25, 0.3) is 0 Å². The number of halogens is 9. The van der Waals surface area contributed by atoms with Gasteiger partial charge >= 0.3 is 18.0 Å². The summed E-state index contributed by atoms with van der Waals surface area (Å²) in [7, 11) is 0. The lowest BCUT2D eigenvalue weighted by Gasteiger charge is -2.32. The molecular weight excluding hydrogens is 377 g/mol. The van der Waals surface area contributed by atoms with Gasteiger partial charge in [-0.05, 0) is 23.8 Å². The van der Waals surface area contributed by atoms with Crippen LogP contribution in [0.1, 0.15) is 11.1 Å². The molecule has 0 fully saturated rings. The lowest BCUT2D eigenvalue weighted by Crippen LogP contribution is -2.50. The van der Waals surface area contributed by atoms with E-state index in [2.05, 4.69) is 0 Å². The van der Waals surface area contributed by atoms with Gasteiger partial charge in [-0.3, -0.25) is 0 Å². The van der Waals surface area contributed by atoms with Gasteiger partial charge in [0.05, 0.1) is 17.7 Å². The minimum atomic E-state index is -6.56. The van der Waals surface area contributed by atoms with Gasteiger partial charge in [0.2, 0.25) is 0 Å². The van der Waals surface area contributed by atoms with Crippen molar-refractivity contribution in [3.8, 4) is 17.2 Å². The normalized spacial score (nSPS) is 12.8. The van der Waals surface area contributed by atoms with Crippen molar-refractivity contribution < 1.29 is 39.5 Å². The fourth-order valence-corrected chi connectivity index (χ4v) is 2.28. The zero-order valence-electron chi connectivity index (χ0n) is 12.2. The fraction of sp³-hybridized carbons (Fsp3) is 0.188. The van der Waals surface area contributed by atoms with Crippen molar-refractivity contribution in [3.63, 3.8) is 0 Å². The van der Waals surface area contributed by atoms with E-state index in [1.165, 1.54) is 6.07 Å². The van der Waals surface area contributed by atoms with Gasteiger partial charge in [0.15, 0.2) is 0 Å².